The molecule has 1 saturated carbocycles. The van der Waals surface area contributed by atoms with Gasteiger partial charge in [-0.3, -0.25) is 14.5 Å². The minimum absolute atomic E-state index is 0.0113. The van der Waals surface area contributed by atoms with E-state index in [1.54, 1.807) is 4.90 Å². The molecule has 1 atom stereocenters. The summed E-state index contributed by atoms with van der Waals surface area (Å²) in [6.45, 7) is 0. The van der Waals surface area contributed by atoms with E-state index in [0.29, 0.717) is 6.42 Å². The van der Waals surface area contributed by atoms with Gasteiger partial charge in [0.25, 0.3) is 0 Å². The average molecular weight is 307 g/mol. The van der Waals surface area contributed by atoms with Crippen LogP contribution in [0.15, 0.2) is 42.5 Å². The van der Waals surface area contributed by atoms with Crippen molar-refractivity contribution in [2.75, 3.05) is 0 Å². The van der Waals surface area contributed by atoms with Gasteiger partial charge in [-0.25, -0.2) is 0 Å². The van der Waals surface area contributed by atoms with E-state index in [9.17, 15) is 9.59 Å². The first-order valence-electron chi connectivity index (χ1n) is 8.58. The summed E-state index contributed by atoms with van der Waals surface area (Å²) in [6.07, 6.45) is 5.75. The van der Waals surface area contributed by atoms with Gasteiger partial charge >= 0.3 is 0 Å². The smallest absolute Gasteiger partial charge is 0.237 e. The number of carbonyl (C=O) groups is 2. The van der Waals surface area contributed by atoms with E-state index < -0.39 is 0 Å². The van der Waals surface area contributed by atoms with E-state index in [-0.39, 0.29) is 23.8 Å². The van der Waals surface area contributed by atoms with Crippen molar-refractivity contribution in [2.45, 2.75) is 50.5 Å². The summed E-state index contributed by atoms with van der Waals surface area (Å²) in [4.78, 5) is 26.9. The topological polar surface area (TPSA) is 37.4 Å². The number of nitrogens with zero attached hydrogens (tertiary/aromatic N) is 1. The van der Waals surface area contributed by atoms with Gasteiger partial charge < -0.3 is 0 Å². The number of likely N-dealkylation sites (tertiary alicyclic amines) is 1. The quantitative estimate of drug-likeness (QED) is 0.786. The number of benzene rings is 2. The molecule has 23 heavy (non-hydrogen) atoms. The highest BCUT2D eigenvalue weighted by Gasteiger charge is 2.43. The second-order valence-corrected chi connectivity index (χ2v) is 6.76. The zero-order valence-corrected chi connectivity index (χ0v) is 13.2. The molecule has 1 aliphatic heterocycles. The van der Waals surface area contributed by atoms with Crippen molar-refractivity contribution >= 4 is 22.6 Å². The molecule has 2 fully saturated rings. The second kappa shape index (κ2) is 5.80. The van der Waals surface area contributed by atoms with Crippen molar-refractivity contribution in [2.24, 2.45) is 0 Å². The first-order valence-corrected chi connectivity index (χ1v) is 8.58. The number of hydrogen-bond donors (Lipinski definition) is 0. The summed E-state index contributed by atoms with van der Waals surface area (Å²) in [5.74, 6) is -0.272. The molecule has 3 nitrogen and oxygen atoms in total. The maximum Gasteiger partial charge on any atom is 0.237 e. The first kappa shape index (κ1) is 14.4. The standard InChI is InChI=1S/C20H21NO2/c22-19-13-18(20(23)21(19)17-8-2-1-3-9-17)16-11-10-14-6-4-5-7-15(14)12-16/h4-7,10-12,17-18H,1-3,8-9,13H2/t18-/m1/s1. The first-order chi connectivity index (χ1) is 11.2. The van der Waals surface area contributed by atoms with Crippen LogP contribution in [0.1, 0.15) is 50.0 Å². The molecule has 1 heterocycles. The van der Waals surface area contributed by atoms with E-state index in [1.165, 1.54) is 6.42 Å². The van der Waals surface area contributed by atoms with E-state index in [4.69, 9.17) is 0 Å². The van der Waals surface area contributed by atoms with Crippen LogP contribution in [0, 0.1) is 0 Å². The van der Waals surface area contributed by atoms with Crippen LogP contribution >= 0.6 is 0 Å². The molecule has 2 aromatic rings. The Labute approximate surface area is 136 Å². The van der Waals surface area contributed by atoms with Crippen molar-refractivity contribution in [3.63, 3.8) is 0 Å². The Morgan fingerprint density at radius 1 is 0.870 bits per heavy atom. The molecular formula is C20H21NO2. The van der Waals surface area contributed by atoms with Crippen LogP contribution in [0.25, 0.3) is 10.8 Å². The lowest BCUT2D eigenvalue weighted by Crippen LogP contribution is -2.41. The third-order valence-electron chi connectivity index (χ3n) is 5.30. The van der Waals surface area contributed by atoms with Crippen LogP contribution in [-0.2, 0) is 9.59 Å². The highest BCUT2D eigenvalue weighted by Crippen LogP contribution is 2.35. The van der Waals surface area contributed by atoms with Gasteiger partial charge in [0.2, 0.25) is 11.8 Å². The van der Waals surface area contributed by atoms with Gasteiger partial charge in [0.15, 0.2) is 0 Å². The SMILES string of the molecule is O=C1C[C@H](c2ccc3ccccc3c2)C(=O)N1C1CCCCC1. The maximum atomic E-state index is 12.9. The van der Waals surface area contributed by atoms with Crippen LogP contribution in [0.4, 0.5) is 0 Å². The molecule has 1 saturated heterocycles. The predicted octanol–water partition coefficient (Wildman–Crippen LogP) is 4.02. The van der Waals surface area contributed by atoms with E-state index in [2.05, 4.69) is 18.2 Å². The molecule has 118 valence electrons. The molecule has 3 heteroatoms. The van der Waals surface area contributed by atoms with Crippen LogP contribution < -0.4 is 0 Å². The molecule has 2 aromatic carbocycles. The van der Waals surface area contributed by atoms with Crippen LogP contribution in [-0.4, -0.2) is 22.8 Å². The molecular weight excluding hydrogens is 286 g/mol. The van der Waals surface area contributed by atoms with Gasteiger partial charge in [0.1, 0.15) is 0 Å². The van der Waals surface area contributed by atoms with Gasteiger partial charge in [0, 0.05) is 12.5 Å². The van der Waals surface area contributed by atoms with Crippen LogP contribution in [0.3, 0.4) is 0 Å². The Hall–Kier alpha value is -2.16. The highest BCUT2D eigenvalue weighted by molar-refractivity contribution is 6.06. The lowest BCUT2D eigenvalue weighted by atomic mass is 9.93. The second-order valence-electron chi connectivity index (χ2n) is 6.76. The van der Waals surface area contributed by atoms with Gasteiger partial charge in [-0.1, -0.05) is 61.7 Å². The minimum atomic E-state index is -0.297. The fourth-order valence-electron chi connectivity index (χ4n) is 4.06. The summed E-state index contributed by atoms with van der Waals surface area (Å²) >= 11 is 0. The molecule has 0 spiro atoms. The Morgan fingerprint density at radius 3 is 2.39 bits per heavy atom. The molecule has 2 amide bonds. The number of carbonyl (C=O) groups excluding carboxylic acids is 2. The average Bonchev–Trinajstić information content (AvgIpc) is 2.90. The van der Waals surface area contributed by atoms with Gasteiger partial charge in [0.05, 0.1) is 5.92 Å². The van der Waals surface area contributed by atoms with E-state index in [0.717, 1.165) is 42.0 Å². The number of rotatable bonds is 2. The minimum Gasteiger partial charge on any atom is -0.279 e. The molecule has 2 aliphatic rings. The van der Waals surface area contributed by atoms with Crippen molar-refractivity contribution in [1.29, 1.82) is 0 Å². The van der Waals surface area contributed by atoms with Crippen LogP contribution in [0.2, 0.25) is 0 Å². The van der Waals surface area contributed by atoms with Crippen molar-refractivity contribution in [3.8, 4) is 0 Å². The fourth-order valence-corrected chi connectivity index (χ4v) is 4.06. The van der Waals surface area contributed by atoms with E-state index in [1.807, 2.05) is 24.3 Å². The number of amides is 2. The molecule has 0 radical (unpaired) electrons. The molecule has 0 bridgehead atoms. The number of imide groups is 1. The Balaban J connectivity index is 1.63. The van der Waals surface area contributed by atoms with Crippen molar-refractivity contribution in [1.82, 2.24) is 4.90 Å². The summed E-state index contributed by atoms with van der Waals surface area (Å²) in [5, 5.41) is 2.29. The zero-order chi connectivity index (χ0) is 15.8. The maximum absolute atomic E-state index is 12.9. The largest absolute Gasteiger partial charge is 0.279 e. The molecule has 1 aliphatic carbocycles. The van der Waals surface area contributed by atoms with Gasteiger partial charge in [-0.2, -0.15) is 0 Å². The molecule has 0 unspecified atom stereocenters. The number of hydrogen-bond acceptors (Lipinski definition) is 2. The van der Waals surface area contributed by atoms with Gasteiger partial charge in [-0.15, -0.1) is 0 Å². The Bertz CT molecular complexity index is 761. The Kier molecular flexibility index (Phi) is 3.64. The lowest BCUT2D eigenvalue weighted by molar-refractivity contribution is -0.142. The highest BCUT2D eigenvalue weighted by atomic mass is 16.2. The van der Waals surface area contributed by atoms with Crippen molar-refractivity contribution in [3.05, 3.63) is 48.0 Å². The summed E-state index contributed by atoms with van der Waals surface area (Å²) in [5.41, 5.74) is 0.973. The fraction of sp³-hybridized carbons (Fsp3) is 0.400. The lowest BCUT2D eigenvalue weighted by Gasteiger charge is -2.29. The predicted molar refractivity (Wildman–Crippen MR) is 90.0 cm³/mol. The summed E-state index contributed by atoms with van der Waals surface area (Å²) < 4.78 is 0. The van der Waals surface area contributed by atoms with Crippen molar-refractivity contribution < 1.29 is 9.59 Å². The molecule has 4 rings (SSSR count). The zero-order valence-electron chi connectivity index (χ0n) is 13.2. The normalized spacial score (nSPS) is 23.0. The van der Waals surface area contributed by atoms with Crippen LogP contribution in [0.5, 0.6) is 0 Å². The summed E-state index contributed by atoms with van der Waals surface area (Å²) in [6, 6.07) is 14.4. The van der Waals surface area contributed by atoms with E-state index >= 15 is 0 Å². The number of fused-ring (bicyclic) bond motifs is 1. The summed E-state index contributed by atoms with van der Waals surface area (Å²) in [7, 11) is 0. The van der Waals surface area contributed by atoms with Gasteiger partial charge in [-0.05, 0) is 29.2 Å². The monoisotopic (exact) mass is 307 g/mol. The molecule has 0 N–H and O–H groups in total. The third kappa shape index (κ3) is 2.54. The Morgan fingerprint density at radius 2 is 1.61 bits per heavy atom. The third-order valence-corrected chi connectivity index (χ3v) is 5.30. The molecule has 0 aromatic heterocycles.